The van der Waals surface area contributed by atoms with E-state index in [1.54, 1.807) is 6.08 Å². The minimum absolute atomic E-state index is 0.148. The van der Waals surface area contributed by atoms with Gasteiger partial charge in [0.05, 0.1) is 5.41 Å². The highest BCUT2D eigenvalue weighted by atomic mass is 16.1. The number of nitrogens with one attached hydrogen (secondary N) is 2. The number of carbonyl (C=O) groups is 1. The van der Waals surface area contributed by atoms with Crippen LogP contribution in [0.3, 0.4) is 0 Å². The summed E-state index contributed by atoms with van der Waals surface area (Å²) in [6.45, 7) is 2.95. The number of piperidine rings is 1. The van der Waals surface area contributed by atoms with Gasteiger partial charge in [0, 0.05) is 36.6 Å². The zero-order valence-electron chi connectivity index (χ0n) is 8.48. The number of rotatable bonds is 1. The Morgan fingerprint density at radius 1 is 1.64 bits per heavy atom. The summed E-state index contributed by atoms with van der Waals surface area (Å²) in [6.07, 6.45) is 2.98. The maximum absolute atomic E-state index is 11.7. The van der Waals surface area contributed by atoms with Crippen molar-refractivity contribution in [2.45, 2.75) is 13.3 Å². The van der Waals surface area contributed by atoms with Gasteiger partial charge >= 0.3 is 0 Å². The smallest absolute Gasteiger partial charge is 0.185 e. The van der Waals surface area contributed by atoms with E-state index in [1.165, 1.54) is 6.42 Å². The molecule has 3 nitrogen and oxygen atoms in total. The summed E-state index contributed by atoms with van der Waals surface area (Å²) in [4.78, 5) is 11.7. The van der Waals surface area contributed by atoms with Gasteiger partial charge in [-0.3, -0.25) is 4.79 Å². The second kappa shape index (κ2) is 2.22. The van der Waals surface area contributed by atoms with Gasteiger partial charge in [-0.2, -0.15) is 0 Å². The molecular weight excluding hydrogens is 176 g/mol. The quantitative estimate of drug-likeness (QED) is 0.634. The third-order valence-electron chi connectivity index (χ3n) is 3.84. The lowest BCUT2D eigenvalue weighted by Crippen LogP contribution is -2.29. The van der Waals surface area contributed by atoms with E-state index in [0.717, 1.165) is 23.5 Å². The minimum Gasteiger partial charge on any atom is -0.390 e. The molecule has 0 aromatic rings. The van der Waals surface area contributed by atoms with Gasteiger partial charge in [0.15, 0.2) is 5.78 Å². The molecule has 1 spiro atoms. The summed E-state index contributed by atoms with van der Waals surface area (Å²) in [5.41, 5.74) is 3.35. The zero-order chi connectivity index (χ0) is 9.92. The number of ketones is 1. The van der Waals surface area contributed by atoms with E-state index in [9.17, 15) is 4.79 Å². The van der Waals surface area contributed by atoms with Gasteiger partial charge in [-0.05, 0) is 19.3 Å². The van der Waals surface area contributed by atoms with Gasteiger partial charge in [-0.25, -0.2) is 0 Å². The molecule has 2 aliphatic carbocycles. The van der Waals surface area contributed by atoms with Crippen molar-refractivity contribution in [2.75, 3.05) is 13.6 Å². The first-order chi connectivity index (χ1) is 6.70. The molecule has 2 atom stereocenters. The molecule has 1 aliphatic heterocycles. The molecule has 3 rings (SSSR count). The van der Waals surface area contributed by atoms with Gasteiger partial charge in [-0.1, -0.05) is 0 Å². The van der Waals surface area contributed by atoms with Crippen molar-refractivity contribution in [1.29, 1.82) is 0 Å². The number of hydrogen-bond donors (Lipinski definition) is 2. The number of hydrogen-bond acceptors (Lipinski definition) is 3. The average molecular weight is 190 g/mol. The normalized spacial score (nSPS) is 38.6. The van der Waals surface area contributed by atoms with Crippen molar-refractivity contribution in [2.24, 2.45) is 11.3 Å². The van der Waals surface area contributed by atoms with E-state index in [-0.39, 0.29) is 11.2 Å². The lowest BCUT2D eigenvalue weighted by Gasteiger charge is -2.25. The minimum atomic E-state index is 0.148. The van der Waals surface area contributed by atoms with Crippen LogP contribution in [-0.2, 0) is 4.79 Å². The predicted octanol–water partition coefficient (Wildman–Crippen LogP) is 0.556. The first kappa shape index (κ1) is 8.09. The van der Waals surface area contributed by atoms with Gasteiger partial charge in [0.1, 0.15) is 0 Å². The third-order valence-corrected chi connectivity index (χ3v) is 3.84. The molecule has 0 aromatic carbocycles. The van der Waals surface area contributed by atoms with Crippen molar-refractivity contribution >= 4 is 5.78 Å². The molecule has 0 aromatic heterocycles. The summed E-state index contributed by atoms with van der Waals surface area (Å²) >= 11 is 0. The summed E-state index contributed by atoms with van der Waals surface area (Å²) in [5.74, 6) is 0.856. The maximum Gasteiger partial charge on any atom is 0.185 e. The maximum atomic E-state index is 11.7. The van der Waals surface area contributed by atoms with E-state index in [4.69, 9.17) is 0 Å². The second-order valence-electron chi connectivity index (χ2n) is 4.43. The van der Waals surface area contributed by atoms with Crippen LogP contribution in [0, 0.1) is 11.3 Å². The largest absolute Gasteiger partial charge is 0.390 e. The van der Waals surface area contributed by atoms with Crippen LogP contribution in [0.1, 0.15) is 13.3 Å². The lowest BCUT2D eigenvalue weighted by molar-refractivity contribution is -0.111. The van der Waals surface area contributed by atoms with E-state index in [0.29, 0.717) is 5.92 Å². The van der Waals surface area contributed by atoms with Crippen molar-refractivity contribution in [3.8, 4) is 0 Å². The van der Waals surface area contributed by atoms with Crippen molar-refractivity contribution in [3.63, 3.8) is 0 Å². The topological polar surface area (TPSA) is 41.1 Å². The molecule has 2 N–H and O–H groups in total. The molecule has 1 saturated heterocycles. The monoisotopic (exact) mass is 190 g/mol. The number of allylic oxidation sites excluding steroid dienone is 2. The molecule has 0 radical (unpaired) electrons. The fourth-order valence-corrected chi connectivity index (χ4v) is 3.03. The highest BCUT2D eigenvalue weighted by Crippen LogP contribution is 2.65. The Labute approximate surface area is 83.3 Å². The molecule has 1 saturated carbocycles. The van der Waals surface area contributed by atoms with Gasteiger partial charge in [-0.15, -0.1) is 0 Å². The Bertz CT molecular complexity index is 394. The first-order valence-electron chi connectivity index (χ1n) is 5.09. The molecule has 2 unspecified atom stereocenters. The molecule has 2 fully saturated rings. The standard InChI is InChI=1S/C11H14N2O/c1-6-8(14)3-9-11(10(6)12-2)4-7(11)5-13-9/h3,7,12-13H,4-5H2,1-2H3. The van der Waals surface area contributed by atoms with Crippen LogP contribution in [0.5, 0.6) is 0 Å². The zero-order valence-corrected chi connectivity index (χ0v) is 8.48. The van der Waals surface area contributed by atoms with Gasteiger partial charge < -0.3 is 10.6 Å². The fraction of sp³-hybridized carbons (Fsp3) is 0.545. The Hall–Kier alpha value is -1.25. The molecule has 3 aliphatic rings. The lowest BCUT2D eigenvalue weighted by atomic mass is 9.87. The van der Waals surface area contributed by atoms with Crippen LogP contribution in [0.25, 0.3) is 0 Å². The molecule has 3 heteroatoms. The van der Waals surface area contributed by atoms with E-state index in [1.807, 2.05) is 14.0 Å². The Balaban J connectivity index is 2.16. The molecule has 0 bridgehead atoms. The molecule has 1 heterocycles. The highest BCUT2D eigenvalue weighted by Gasteiger charge is 2.64. The summed E-state index contributed by atoms with van der Waals surface area (Å²) in [7, 11) is 1.91. The SMILES string of the molecule is CNC1=C(C)C(=O)C=C2NCC3CC213. The molecule has 14 heavy (non-hydrogen) atoms. The van der Waals surface area contributed by atoms with E-state index >= 15 is 0 Å². The van der Waals surface area contributed by atoms with Gasteiger partial charge in [0.2, 0.25) is 0 Å². The van der Waals surface area contributed by atoms with Crippen molar-refractivity contribution < 1.29 is 4.79 Å². The van der Waals surface area contributed by atoms with Crippen molar-refractivity contribution in [1.82, 2.24) is 10.6 Å². The fourth-order valence-electron chi connectivity index (χ4n) is 3.03. The van der Waals surface area contributed by atoms with E-state index < -0.39 is 0 Å². The average Bonchev–Trinajstić information content (AvgIpc) is 2.78. The van der Waals surface area contributed by atoms with Crippen molar-refractivity contribution in [3.05, 3.63) is 23.0 Å². The Morgan fingerprint density at radius 2 is 2.43 bits per heavy atom. The first-order valence-corrected chi connectivity index (χ1v) is 5.09. The van der Waals surface area contributed by atoms with Crippen LogP contribution in [0.2, 0.25) is 0 Å². The van der Waals surface area contributed by atoms with Crippen LogP contribution in [-0.4, -0.2) is 19.4 Å². The van der Waals surface area contributed by atoms with Crippen LogP contribution in [0.4, 0.5) is 0 Å². The number of carbonyl (C=O) groups excluding carboxylic acids is 1. The third kappa shape index (κ3) is 0.681. The Morgan fingerprint density at radius 3 is 3.07 bits per heavy atom. The molecule has 74 valence electrons. The second-order valence-corrected chi connectivity index (χ2v) is 4.43. The Kier molecular flexibility index (Phi) is 1.28. The molecular formula is C11H14N2O. The van der Waals surface area contributed by atoms with Gasteiger partial charge in [0.25, 0.3) is 0 Å². The van der Waals surface area contributed by atoms with Crippen LogP contribution >= 0.6 is 0 Å². The summed E-state index contributed by atoms with van der Waals surface area (Å²) in [6, 6.07) is 0. The summed E-state index contributed by atoms with van der Waals surface area (Å²) < 4.78 is 0. The van der Waals surface area contributed by atoms with Crippen LogP contribution in [0.15, 0.2) is 23.0 Å². The van der Waals surface area contributed by atoms with Crippen LogP contribution < -0.4 is 10.6 Å². The highest BCUT2D eigenvalue weighted by molar-refractivity contribution is 6.06. The summed E-state index contributed by atoms with van der Waals surface area (Å²) in [5, 5.41) is 6.55. The predicted molar refractivity (Wildman–Crippen MR) is 53.4 cm³/mol. The molecule has 0 amide bonds. The van der Waals surface area contributed by atoms with E-state index in [2.05, 4.69) is 10.6 Å².